The minimum Gasteiger partial charge on any atom is -0.324 e. The van der Waals surface area contributed by atoms with Crippen molar-refractivity contribution in [3.63, 3.8) is 0 Å². The van der Waals surface area contributed by atoms with E-state index in [0.717, 1.165) is 15.5 Å². The molecule has 2 aromatic carbocycles. The van der Waals surface area contributed by atoms with E-state index >= 15 is 0 Å². The number of aromatic amines is 1. The van der Waals surface area contributed by atoms with Crippen molar-refractivity contribution in [2.24, 2.45) is 0 Å². The first-order chi connectivity index (χ1) is 9.63. The molecule has 0 aliphatic heterocycles. The van der Waals surface area contributed by atoms with E-state index < -0.39 is 4.92 Å². The fourth-order valence-corrected chi connectivity index (χ4v) is 2.27. The molecule has 0 radical (unpaired) electrons. The van der Waals surface area contributed by atoms with Crippen LogP contribution in [0.1, 0.15) is 0 Å². The lowest BCUT2D eigenvalue weighted by molar-refractivity contribution is -0.383. The van der Waals surface area contributed by atoms with Crippen molar-refractivity contribution in [1.82, 2.24) is 9.97 Å². The third-order valence-electron chi connectivity index (χ3n) is 2.80. The largest absolute Gasteiger partial charge is 0.324 e. The van der Waals surface area contributed by atoms with Crippen LogP contribution in [0.5, 0.6) is 0 Å². The van der Waals surface area contributed by atoms with E-state index in [2.05, 4.69) is 31.2 Å². The fourth-order valence-electron chi connectivity index (χ4n) is 1.91. The second-order valence-electron chi connectivity index (χ2n) is 4.15. The highest BCUT2D eigenvalue weighted by Crippen LogP contribution is 2.27. The number of rotatable bonds is 3. The number of hydrogen-bond donors (Lipinski definition) is 2. The van der Waals surface area contributed by atoms with E-state index in [-0.39, 0.29) is 5.69 Å². The molecular weight excluding hydrogens is 324 g/mol. The van der Waals surface area contributed by atoms with Crippen LogP contribution in [0.4, 0.5) is 17.3 Å². The molecule has 0 spiro atoms. The lowest BCUT2D eigenvalue weighted by Gasteiger charge is -2.02. The smallest absolute Gasteiger partial charge is 0.292 e. The number of nitrogens with zero attached hydrogens (tertiary/aromatic N) is 2. The number of fused-ring (bicyclic) bond motifs is 1. The minimum absolute atomic E-state index is 0.00846. The van der Waals surface area contributed by atoms with Crippen LogP contribution in [0, 0.1) is 10.1 Å². The van der Waals surface area contributed by atoms with Gasteiger partial charge in [0.05, 0.1) is 16.0 Å². The summed E-state index contributed by atoms with van der Waals surface area (Å²) >= 11 is 3.38. The van der Waals surface area contributed by atoms with Gasteiger partial charge in [-0.2, -0.15) is 0 Å². The second kappa shape index (κ2) is 4.93. The van der Waals surface area contributed by atoms with Crippen LogP contribution in [0.2, 0.25) is 0 Å². The summed E-state index contributed by atoms with van der Waals surface area (Å²) in [5.74, 6) is 0.465. The average molecular weight is 333 g/mol. The maximum atomic E-state index is 11.0. The van der Waals surface area contributed by atoms with Crippen LogP contribution in [-0.4, -0.2) is 14.9 Å². The van der Waals surface area contributed by atoms with Crippen molar-refractivity contribution >= 4 is 44.3 Å². The van der Waals surface area contributed by atoms with Crippen LogP contribution in [0.25, 0.3) is 11.0 Å². The summed E-state index contributed by atoms with van der Waals surface area (Å²) in [4.78, 5) is 17.9. The number of benzene rings is 2. The molecule has 0 aliphatic rings. The van der Waals surface area contributed by atoms with Gasteiger partial charge in [-0.15, -0.1) is 0 Å². The molecule has 0 aliphatic carbocycles. The molecule has 0 saturated carbocycles. The first kappa shape index (κ1) is 12.6. The molecule has 20 heavy (non-hydrogen) atoms. The third kappa shape index (κ3) is 2.35. The number of aromatic nitrogens is 2. The van der Waals surface area contributed by atoms with Crippen LogP contribution in [0.3, 0.4) is 0 Å². The molecule has 1 heterocycles. The molecule has 100 valence electrons. The SMILES string of the molecule is O=[N+]([O-])c1ccccc1Nc1nc2ccc(Br)cc2[nH]1. The normalized spacial score (nSPS) is 10.7. The van der Waals surface area contributed by atoms with Gasteiger partial charge in [-0.1, -0.05) is 28.1 Å². The Morgan fingerprint density at radius 2 is 2.05 bits per heavy atom. The zero-order chi connectivity index (χ0) is 14.1. The molecule has 3 rings (SSSR count). The summed E-state index contributed by atoms with van der Waals surface area (Å²) in [6.07, 6.45) is 0. The maximum Gasteiger partial charge on any atom is 0.292 e. The predicted octanol–water partition coefficient (Wildman–Crippen LogP) is 3.98. The summed E-state index contributed by atoms with van der Waals surface area (Å²) in [6, 6.07) is 12.1. The highest BCUT2D eigenvalue weighted by atomic mass is 79.9. The van der Waals surface area contributed by atoms with E-state index in [1.807, 2.05) is 18.2 Å². The van der Waals surface area contributed by atoms with Crippen molar-refractivity contribution in [3.8, 4) is 0 Å². The standard InChI is InChI=1S/C13H9BrN4O2/c14-8-5-6-9-11(7-8)17-13(15-9)16-10-3-1-2-4-12(10)18(19)20/h1-7H,(H2,15,16,17). The molecule has 0 saturated heterocycles. The molecule has 2 N–H and O–H groups in total. The Morgan fingerprint density at radius 3 is 2.85 bits per heavy atom. The fraction of sp³-hybridized carbons (Fsp3) is 0. The maximum absolute atomic E-state index is 11.0. The highest BCUT2D eigenvalue weighted by Gasteiger charge is 2.13. The molecule has 1 aromatic heterocycles. The molecular formula is C13H9BrN4O2. The number of imidazole rings is 1. The van der Waals surface area contributed by atoms with Gasteiger partial charge in [-0.25, -0.2) is 4.98 Å². The Hall–Kier alpha value is -2.41. The van der Waals surface area contributed by atoms with Crippen molar-refractivity contribution in [1.29, 1.82) is 0 Å². The van der Waals surface area contributed by atoms with Crippen molar-refractivity contribution < 1.29 is 4.92 Å². The highest BCUT2D eigenvalue weighted by molar-refractivity contribution is 9.10. The zero-order valence-electron chi connectivity index (χ0n) is 10.1. The Morgan fingerprint density at radius 1 is 1.25 bits per heavy atom. The van der Waals surface area contributed by atoms with Gasteiger partial charge in [0.2, 0.25) is 5.95 Å². The Bertz CT molecular complexity index is 800. The molecule has 0 fully saturated rings. The third-order valence-corrected chi connectivity index (χ3v) is 3.29. The number of anilines is 2. The number of nitro benzene ring substituents is 1. The van der Waals surface area contributed by atoms with Gasteiger partial charge < -0.3 is 10.3 Å². The van der Waals surface area contributed by atoms with Crippen molar-refractivity contribution in [2.75, 3.05) is 5.32 Å². The van der Waals surface area contributed by atoms with Gasteiger partial charge in [0.1, 0.15) is 5.69 Å². The van der Waals surface area contributed by atoms with Crippen LogP contribution in [-0.2, 0) is 0 Å². The number of hydrogen-bond acceptors (Lipinski definition) is 4. The number of H-pyrrole nitrogens is 1. The monoisotopic (exact) mass is 332 g/mol. The lowest BCUT2D eigenvalue weighted by Crippen LogP contribution is -1.97. The molecule has 0 amide bonds. The molecule has 3 aromatic rings. The van der Waals surface area contributed by atoms with E-state index in [1.165, 1.54) is 6.07 Å². The van der Waals surface area contributed by atoms with Gasteiger partial charge in [0.15, 0.2) is 0 Å². The molecule has 0 atom stereocenters. The summed E-state index contributed by atoms with van der Waals surface area (Å²) in [5, 5.41) is 13.9. The molecule has 6 nitrogen and oxygen atoms in total. The summed E-state index contributed by atoms with van der Waals surface area (Å²) in [7, 11) is 0. The molecule has 0 bridgehead atoms. The van der Waals surface area contributed by atoms with Crippen LogP contribution < -0.4 is 5.32 Å². The first-order valence-electron chi connectivity index (χ1n) is 5.79. The van der Waals surface area contributed by atoms with Crippen LogP contribution in [0.15, 0.2) is 46.9 Å². The minimum atomic E-state index is -0.429. The van der Waals surface area contributed by atoms with Crippen LogP contribution >= 0.6 is 15.9 Å². The van der Waals surface area contributed by atoms with Gasteiger partial charge in [-0.3, -0.25) is 10.1 Å². The Kier molecular flexibility index (Phi) is 3.11. The topological polar surface area (TPSA) is 83.8 Å². The Labute approximate surface area is 122 Å². The van der Waals surface area contributed by atoms with Gasteiger partial charge in [0, 0.05) is 10.5 Å². The molecule has 0 unspecified atom stereocenters. The zero-order valence-corrected chi connectivity index (χ0v) is 11.7. The van der Waals surface area contributed by atoms with E-state index in [1.54, 1.807) is 18.2 Å². The van der Waals surface area contributed by atoms with Gasteiger partial charge in [-0.05, 0) is 24.3 Å². The quantitative estimate of drug-likeness (QED) is 0.561. The lowest BCUT2D eigenvalue weighted by atomic mass is 10.3. The van der Waals surface area contributed by atoms with E-state index in [9.17, 15) is 10.1 Å². The van der Waals surface area contributed by atoms with E-state index in [4.69, 9.17) is 0 Å². The summed E-state index contributed by atoms with van der Waals surface area (Å²) in [5.41, 5.74) is 2.04. The number of nitro groups is 1. The van der Waals surface area contributed by atoms with Crippen molar-refractivity contribution in [3.05, 3.63) is 57.1 Å². The second-order valence-corrected chi connectivity index (χ2v) is 5.06. The first-order valence-corrected chi connectivity index (χ1v) is 6.58. The molecule has 7 heteroatoms. The average Bonchev–Trinajstić information content (AvgIpc) is 2.80. The number of para-hydroxylation sites is 2. The van der Waals surface area contributed by atoms with Gasteiger partial charge >= 0.3 is 0 Å². The predicted molar refractivity (Wildman–Crippen MR) is 80.2 cm³/mol. The van der Waals surface area contributed by atoms with Gasteiger partial charge in [0.25, 0.3) is 5.69 Å². The van der Waals surface area contributed by atoms with Crippen molar-refractivity contribution in [2.45, 2.75) is 0 Å². The Balaban J connectivity index is 1.99. The summed E-state index contributed by atoms with van der Waals surface area (Å²) < 4.78 is 0.936. The van der Waals surface area contributed by atoms with E-state index in [0.29, 0.717) is 11.6 Å². The number of nitrogens with one attached hydrogen (secondary N) is 2. The summed E-state index contributed by atoms with van der Waals surface area (Å²) in [6.45, 7) is 0. The number of halogens is 1.